The van der Waals surface area contributed by atoms with E-state index in [1.807, 2.05) is 6.07 Å². The highest BCUT2D eigenvalue weighted by atomic mass is 35.5. The van der Waals surface area contributed by atoms with Crippen molar-refractivity contribution in [1.29, 1.82) is 0 Å². The molecule has 1 aromatic carbocycles. The van der Waals surface area contributed by atoms with Gasteiger partial charge in [0.15, 0.2) is 5.52 Å². The minimum Gasteiger partial charge on any atom is -0.508 e. The maximum absolute atomic E-state index is 12.1. The van der Waals surface area contributed by atoms with Crippen LogP contribution in [0.2, 0.25) is 5.02 Å². The summed E-state index contributed by atoms with van der Waals surface area (Å²) in [7, 11) is 0. The van der Waals surface area contributed by atoms with Gasteiger partial charge in [-0.05, 0) is 48.6 Å². The highest BCUT2D eigenvalue weighted by molar-refractivity contribution is 6.33. The fourth-order valence-electron chi connectivity index (χ4n) is 2.73. The summed E-state index contributed by atoms with van der Waals surface area (Å²) in [6.45, 7) is 0. The molecule has 1 aliphatic rings. The number of halogens is 1. The highest BCUT2D eigenvalue weighted by Gasteiger charge is 2.28. The fourth-order valence-corrected chi connectivity index (χ4v) is 3.01. The van der Waals surface area contributed by atoms with Gasteiger partial charge in [0.05, 0.1) is 16.2 Å². The summed E-state index contributed by atoms with van der Waals surface area (Å²) >= 11 is 6.18. The Bertz CT molecular complexity index is 1050. The zero-order valence-corrected chi connectivity index (χ0v) is 12.6. The third kappa shape index (κ3) is 2.41. The number of H-pyrrole nitrogens is 2. The third-order valence-electron chi connectivity index (χ3n) is 3.98. The second kappa shape index (κ2) is 4.96. The topological polar surface area (TPSA) is 98.8 Å². The number of aromatic hydroxyl groups is 1. The lowest BCUT2D eigenvalue weighted by Crippen LogP contribution is -2.23. The molecular weight excluding hydrogens is 318 g/mol. The molecule has 2 aromatic heterocycles. The van der Waals surface area contributed by atoms with Crippen molar-refractivity contribution >= 4 is 22.6 Å². The molecule has 7 heteroatoms. The van der Waals surface area contributed by atoms with Gasteiger partial charge >= 0.3 is 5.69 Å². The molecule has 0 spiro atoms. The number of pyridine rings is 1. The molecule has 0 bridgehead atoms. The molecule has 1 saturated carbocycles. The number of phenolic OH excluding ortho intramolecular Hbond substituents is 1. The standard InChI is InChI=1S/C16H12ClN3O3/c17-11-5-8(21)3-4-9(11)12-6-10(7-1-2-7)13-14(18-12)15(22)20-16(23)19-13/h3-7,21H,1-2H2,(H2,19,20,22,23). The Balaban J connectivity index is 2.05. The van der Waals surface area contributed by atoms with Crippen LogP contribution >= 0.6 is 11.6 Å². The van der Waals surface area contributed by atoms with Crippen molar-refractivity contribution in [3.8, 4) is 17.0 Å². The van der Waals surface area contributed by atoms with Gasteiger partial charge in [0.25, 0.3) is 5.56 Å². The molecule has 6 nitrogen and oxygen atoms in total. The maximum atomic E-state index is 12.1. The molecule has 0 amide bonds. The normalized spacial score (nSPS) is 14.3. The Morgan fingerprint density at radius 2 is 1.96 bits per heavy atom. The lowest BCUT2D eigenvalue weighted by atomic mass is 10.0. The first-order valence-corrected chi connectivity index (χ1v) is 7.57. The van der Waals surface area contributed by atoms with Crippen molar-refractivity contribution in [2.75, 3.05) is 0 Å². The van der Waals surface area contributed by atoms with E-state index in [9.17, 15) is 14.7 Å². The van der Waals surface area contributed by atoms with E-state index >= 15 is 0 Å². The number of hydrogen-bond donors (Lipinski definition) is 3. The molecule has 0 unspecified atom stereocenters. The number of rotatable bonds is 2. The Labute approximate surface area is 134 Å². The van der Waals surface area contributed by atoms with Crippen molar-refractivity contribution < 1.29 is 5.11 Å². The van der Waals surface area contributed by atoms with Crippen LogP contribution in [0.25, 0.3) is 22.3 Å². The quantitative estimate of drug-likeness (QED) is 0.672. The lowest BCUT2D eigenvalue weighted by molar-refractivity contribution is 0.475. The predicted molar refractivity (Wildman–Crippen MR) is 87.1 cm³/mol. The molecule has 0 aliphatic heterocycles. The van der Waals surface area contributed by atoms with E-state index in [2.05, 4.69) is 15.0 Å². The van der Waals surface area contributed by atoms with Crippen molar-refractivity contribution in [1.82, 2.24) is 15.0 Å². The molecule has 3 N–H and O–H groups in total. The second-order valence-corrected chi connectivity index (χ2v) is 6.07. The maximum Gasteiger partial charge on any atom is 0.326 e. The molecule has 23 heavy (non-hydrogen) atoms. The third-order valence-corrected chi connectivity index (χ3v) is 4.29. The fraction of sp³-hybridized carbons (Fsp3) is 0.188. The molecule has 0 radical (unpaired) electrons. The molecule has 1 aliphatic carbocycles. The van der Waals surface area contributed by atoms with Gasteiger partial charge in [-0.2, -0.15) is 0 Å². The van der Waals surface area contributed by atoms with Crippen molar-refractivity contribution in [3.05, 3.63) is 55.7 Å². The minimum absolute atomic E-state index is 0.0594. The molecule has 116 valence electrons. The van der Waals surface area contributed by atoms with Gasteiger partial charge in [-0.1, -0.05) is 11.6 Å². The molecule has 3 aromatic rings. The monoisotopic (exact) mass is 329 g/mol. The second-order valence-electron chi connectivity index (χ2n) is 5.67. The number of benzene rings is 1. The highest BCUT2D eigenvalue weighted by Crippen LogP contribution is 2.43. The van der Waals surface area contributed by atoms with E-state index in [0.29, 0.717) is 27.7 Å². The van der Waals surface area contributed by atoms with Gasteiger partial charge in [0.2, 0.25) is 0 Å². The average molecular weight is 330 g/mol. The first-order chi connectivity index (χ1) is 11.0. The predicted octanol–water partition coefficient (Wildman–Crippen LogP) is 2.51. The van der Waals surface area contributed by atoms with Crippen molar-refractivity contribution in [2.24, 2.45) is 0 Å². The summed E-state index contributed by atoms with van der Waals surface area (Å²) in [5.74, 6) is 0.372. The van der Waals surface area contributed by atoms with Crippen molar-refractivity contribution in [3.63, 3.8) is 0 Å². The largest absolute Gasteiger partial charge is 0.508 e. The van der Waals surface area contributed by atoms with Gasteiger partial charge in [0.1, 0.15) is 5.75 Å². The van der Waals surface area contributed by atoms with Crippen LogP contribution in [0.3, 0.4) is 0 Å². The van der Waals surface area contributed by atoms with Crippen LogP contribution in [-0.2, 0) is 0 Å². The molecule has 0 saturated heterocycles. The molecule has 0 atom stereocenters. The zero-order chi connectivity index (χ0) is 16.1. The number of nitrogens with one attached hydrogen (secondary N) is 2. The molecule has 2 heterocycles. The smallest absolute Gasteiger partial charge is 0.326 e. The SMILES string of the molecule is O=c1[nH]c(=O)c2nc(-c3ccc(O)cc3Cl)cc(C3CC3)c2[nH]1. The van der Waals surface area contributed by atoms with E-state index in [4.69, 9.17) is 11.6 Å². The number of hydrogen-bond acceptors (Lipinski definition) is 4. The van der Waals surface area contributed by atoms with Crippen molar-refractivity contribution in [2.45, 2.75) is 18.8 Å². The summed E-state index contributed by atoms with van der Waals surface area (Å²) in [6, 6.07) is 6.45. The van der Waals surface area contributed by atoms with Gasteiger partial charge in [0, 0.05) is 5.56 Å². The summed E-state index contributed by atoms with van der Waals surface area (Å²) in [5, 5.41) is 9.83. The van der Waals surface area contributed by atoms with Crippen LogP contribution in [0.4, 0.5) is 0 Å². The van der Waals surface area contributed by atoms with Crippen LogP contribution < -0.4 is 11.2 Å². The average Bonchev–Trinajstić information content (AvgIpc) is 3.31. The summed E-state index contributed by atoms with van der Waals surface area (Å²) in [6.07, 6.45) is 2.02. The van der Waals surface area contributed by atoms with Crippen LogP contribution in [-0.4, -0.2) is 20.1 Å². The van der Waals surface area contributed by atoms with E-state index in [-0.39, 0.29) is 11.3 Å². The number of phenols is 1. The molecule has 1 fully saturated rings. The Morgan fingerprint density at radius 1 is 1.17 bits per heavy atom. The van der Waals surface area contributed by atoms with Crippen LogP contribution in [0.15, 0.2) is 33.9 Å². The van der Waals surface area contributed by atoms with Gasteiger partial charge in [-0.25, -0.2) is 9.78 Å². The molecule has 4 rings (SSSR count). The number of fused-ring (bicyclic) bond motifs is 1. The number of aromatic nitrogens is 3. The Morgan fingerprint density at radius 3 is 2.65 bits per heavy atom. The van der Waals surface area contributed by atoms with E-state index in [1.54, 1.807) is 6.07 Å². The first kappa shape index (κ1) is 14.0. The Hall–Kier alpha value is -2.60. The minimum atomic E-state index is -0.540. The van der Waals surface area contributed by atoms with Gasteiger partial charge in [-0.15, -0.1) is 0 Å². The van der Waals surface area contributed by atoms with Crippen LogP contribution in [0.1, 0.15) is 24.3 Å². The van der Waals surface area contributed by atoms with E-state index in [1.165, 1.54) is 12.1 Å². The number of nitrogens with zero attached hydrogens (tertiary/aromatic N) is 1. The summed E-state index contributed by atoms with van der Waals surface area (Å²) in [5.41, 5.74) is 1.68. The first-order valence-electron chi connectivity index (χ1n) is 7.19. The number of aromatic amines is 2. The van der Waals surface area contributed by atoms with Crippen LogP contribution in [0, 0.1) is 0 Å². The van der Waals surface area contributed by atoms with E-state index < -0.39 is 11.2 Å². The molecular formula is C16H12ClN3O3. The summed E-state index contributed by atoms with van der Waals surface area (Å²) in [4.78, 5) is 32.9. The van der Waals surface area contributed by atoms with Gasteiger partial charge < -0.3 is 10.1 Å². The summed E-state index contributed by atoms with van der Waals surface area (Å²) < 4.78 is 0. The Kier molecular flexibility index (Phi) is 3.02. The van der Waals surface area contributed by atoms with Crippen LogP contribution in [0.5, 0.6) is 5.75 Å². The van der Waals surface area contributed by atoms with Gasteiger partial charge in [-0.3, -0.25) is 9.78 Å². The lowest BCUT2D eigenvalue weighted by Gasteiger charge is -2.09. The zero-order valence-electron chi connectivity index (χ0n) is 11.9. The van der Waals surface area contributed by atoms with E-state index in [0.717, 1.165) is 18.4 Å².